The smallest absolute Gasteiger partial charge is 0.272 e. The van der Waals surface area contributed by atoms with Crippen LogP contribution in [0.1, 0.15) is 27.9 Å². The van der Waals surface area contributed by atoms with Crippen molar-refractivity contribution in [3.8, 4) is 0 Å². The van der Waals surface area contributed by atoms with Crippen LogP contribution in [0.4, 0.5) is 10.8 Å². The number of anilines is 2. The van der Waals surface area contributed by atoms with Gasteiger partial charge in [0, 0.05) is 38.8 Å². The Morgan fingerprint density at radius 1 is 0.927 bits per heavy atom. The highest BCUT2D eigenvalue weighted by molar-refractivity contribution is 8.00. The van der Waals surface area contributed by atoms with Gasteiger partial charge in [-0.15, -0.1) is 22.0 Å². The van der Waals surface area contributed by atoms with Crippen LogP contribution in [0.15, 0.2) is 95.7 Å². The number of H-pyrrole nitrogens is 1. The summed E-state index contributed by atoms with van der Waals surface area (Å²) in [6.07, 6.45) is 3.45. The summed E-state index contributed by atoms with van der Waals surface area (Å²) >= 11 is 2.70. The van der Waals surface area contributed by atoms with E-state index in [1.165, 1.54) is 23.1 Å². The molecule has 4 N–H and O–H groups in total. The first kappa shape index (κ1) is 27.8. The third-order valence-electron chi connectivity index (χ3n) is 6.00. The van der Waals surface area contributed by atoms with E-state index in [2.05, 4.69) is 31.1 Å². The number of fused-ring (bicyclic) bond motifs is 1. The quantitative estimate of drug-likeness (QED) is 0.127. The summed E-state index contributed by atoms with van der Waals surface area (Å²) < 4.78 is 0. The van der Waals surface area contributed by atoms with Crippen LogP contribution >= 0.6 is 23.1 Å². The number of nitrogens with one attached hydrogen (secondary N) is 4. The molecule has 0 aliphatic carbocycles. The standard InChI is InChI=1S/C30H26N6O3S2/c1-18(27(37)34-30-36-35-19(2)41-30)40-23-14-12-22(13-15-23)32-29(39)26(33-28(38)20-8-4-3-5-9-20)16-21-17-31-25-11-7-6-10-24(21)25/h3-18,31H,1-2H3,(H,32,39)(H,33,38)(H,34,36,37)/b26-16+/t18-/m1/s1. The second kappa shape index (κ2) is 12.6. The molecule has 0 radical (unpaired) electrons. The third kappa shape index (κ3) is 7.07. The molecule has 0 unspecified atom stereocenters. The minimum atomic E-state index is -0.472. The number of aryl methyl sites for hydroxylation is 1. The molecule has 0 aliphatic heterocycles. The van der Waals surface area contributed by atoms with Gasteiger partial charge in [-0.2, -0.15) is 0 Å². The number of rotatable bonds is 9. The average molecular weight is 583 g/mol. The number of amides is 3. The van der Waals surface area contributed by atoms with Crippen LogP contribution in [0.25, 0.3) is 17.0 Å². The lowest BCUT2D eigenvalue weighted by Gasteiger charge is -2.13. The molecule has 5 aromatic rings. The maximum Gasteiger partial charge on any atom is 0.272 e. The minimum Gasteiger partial charge on any atom is -0.361 e. The van der Waals surface area contributed by atoms with E-state index in [0.29, 0.717) is 16.4 Å². The molecule has 9 nitrogen and oxygen atoms in total. The average Bonchev–Trinajstić information content (AvgIpc) is 3.59. The zero-order chi connectivity index (χ0) is 28.8. The summed E-state index contributed by atoms with van der Waals surface area (Å²) in [4.78, 5) is 42.9. The molecule has 2 aromatic heterocycles. The maximum atomic E-state index is 13.4. The Morgan fingerprint density at radius 2 is 1.66 bits per heavy atom. The number of hydrogen-bond acceptors (Lipinski definition) is 7. The van der Waals surface area contributed by atoms with E-state index in [-0.39, 0.29) is 16.9 Å². The molecule has 11 heteroatoms. The third-order valence-corrected chi connectivity index (χ3v) is 7.87. The van der Waals surface area contributed by atoms with Crippen molar-refractivity contribution in [1.29, 1.82) is 0 Å². The Kier molecular flexibility index (Phi) is 8.56. The first-order valence-corrected chi connectivity index (χ1v) is 14.4. The molecule has 3 amide bonds. The van der Waals surface area contributed by atoms with E-state index in [1.807, 2.05) is 49.4 Å². The molecular formula is C30H26N6O3S2. The van der Waals surface area contributed by atoms with Crippen LogP contribution in [0.5, 0.6) is 0 Å². The molecule has 2 heterocycles. The molecule has 1 atom stereocenters. The zero-order valence-corrected chi connectivity index (χ0v) is 23.8. The van der Waals surface area contributed by atoms with Crippen molar-refractivity contribution < 1.29 is 14.4 Å². The predicted octanol–water partition coefficient (Wildman–Crippen LogP) is 5.86. The van der Waals surface area contributed by atoms with E-state index in [0.717, 1.165) is 26.4 Å². The topological polar surface area (TPSA) is 129 Å². The fourth-order valence-electron chi connectivity index (χ4n) is 3.94. The number of aromatic nitrogens is 3. The van der Waals surface area contributed by atoms with Gasteiger partial charge >= 0.3 is 0 Å². The first-order valence-electron chi connectivity index (χ1n) is 12.7. The molecule has 206 valence electrons. The molecular weight excluding hydrogens is 557 g/mol. The first-order chi connectivity index (χ1) is 19.9. The minimum absolute atomic E-state index is 0.0965. The SMILES string of the molecule is Cc1nnc(NC(=O)[C@@H](C)Sc2ccc(NC(=O)/C(=C\c3c[nH]c4ccccc34)NC(=O)c3ccccc3)cc2)s1. The van der Waals surface area contributed by atoms with Crippen molar-refractivity contribution in [1.82, 2.24) is 20.5 Å². The van der Waals surface area contributed by atoms with E-state index in [1.54, 1.807) is 55.6 Å². The number of carbonyl (C=O) groups is 3. The van der Waals surface area contributed by atoms with E-state index < -0.39 is 11.8 Å². The van der Waals surface area contributed by atoms with Crippen LogP contribution in [0.3, 0.4) is 0 Å². The normalized spacial score (nSPS) is 12.1. The van der Waals surface area contributed by atoms with Crippen molar-refractivity contribution in [2.45, 2.75) is 24.0 Å². The van der Waals surface area contributed by atoms with Crippen molar-refractivity contribution in [3.05, 3.63) is 107 Å². The van der Waals surface area contributed by atoms with Gasteiger partial charge in [-0.25, -0.2) is 0 Å². The molecule has 41 heavy (non-hydrogen) atoms. The molecule has 0 aliphatic rings. The van der Waals surface area contributed by atoms with Crippen LogP contribution in [0, 0.1) is 6.92 Å². The van der Waals surface area contributed by atoms with Crippen LogP contribution in [-0.4, -0.2) is 38.2 Å². The van der Waals surface area contributed by atoms with Crippen LogP contribution in [-0.2, 0) is 9.59 Å². The number of benzene rings is 3. The molecule has 3 aromatic carbocycles. The van der Waals surface area contributed by atoms with Gasteiger partial charge in [0.25, 0.3) is 11.8 Å². The Balaban J connectivity index is 1.29. The van der Waals surface area contributed by atoms with Crippen LogP contribution < -0.4 is 16.0 Å². The van der Waals surface area contributed by atoms with Gasteiger partial charge in [-0.3, -0.25) is 19.7 Å². The molecule has 5 rings (SSSR count). The van der Waals surface area contributed by atoms with Gasteiger partial charge in [0.05, 0.1) is 5.25 Å². The number of para-hydroxylation sites is 1. The van der Waals surface area contributed by atoms with E-state index in [4.69, 9.17) is 0 Å². The van der Waals surface area contributed by atoms with Gasteiger partial charge in [0.2, 0.25) is 11.0 Å². The van der Waals surface area contributed by atoms with Gasteiger partial charge in [-0.05, 0) is 62.4 Å². The summed E-state index contributed by atoms with van der Waals surface area (Å²) in [5.74, 6) is -1.04. The Bertz CT molecular complexity index is 1730. The fourth-order valence-corrected chi connectivity index (χ4v) is 5.40. The number of hydrogen-bond donors (Lipinski definition) is 4. The number of thioether (sulfide) groups is 1. The lowest BCUT2D eigenvalue weighted by atomic mass is 10.1. The Hall–Kier alpha value is -4.74. The lowest BCUT2D eigenvalue weighted by molar-refractivity contribution is -0.115. The number of nitrogens with zero attached hydrogens (tertiary/aromatic N) is 2. The summed E-state index contributed by atoms with van der Waals surface area (Å²) in [5.41, 5.74) is 2.76. The fraction of sp³-hybridized carbons (Fsp3) is 0.100. The monoisotopic (exact) mass is 582 g/mol. The lowest BCUT2D eigenvalue weighted by Crippen LogP contribution is -2.30. The molecule has 0 saturated carbocycles. The summed E-state index contributed by atoms with van der Waals surface area (Å²) in [6.45, 7) is 3.63. The van der Waals surface area contributed by atoms with E-state index >= 15 is 0 Å². The Labute approximate surface area is 244 Å². The highest BCUT2D eigenvalue weighted by Gasteiger charge is 2.18. The molecule has 0 bridgehead atoms. The van der Waals surface area contributed by atoms with E-state index in [9.17, 15) is 14.4 Å². The van der Waals surface area contributed by atoms with Crippen molar-refractivity contribution >= 4 is 68.6 Å². The Morgan fingerprint density at radius 3 is 2.39 bits per heavy atom. The van der Waals surface area contributed by atoms with Crippen molar-refractivity contribution in [2.24, 2.45) is 0 Å². The van der Waals surface area contributed by atoms with Gasteiger partial charge in [0.15, 0.2) is 0 Å². The van der Waals surface area contributed by atoms with Crippen molar-refractivity contribution in [2.75, 3.05) is 10.6 Å². The van der Waals surface area contributed by atoms with Crippen LogP contribution in [0.2, 0.25) is 0 Å². The summed E-state index contributed by atoms with van der Waals surface area (Å²) in [7, 11) is 0. The summed E-state index contributed by atoms with van der Waals surface area (Å²) in [5, 5.41) is 18.0. The van der Waals surface area contributed by atoms with Crippen molar-refractivity contribution in [3.63, 3.8) is 0 Å². The zero-order valence-electron chi connectivity index (χ0n) is 22.2. The highest BCUT2D eigenvalue weighted by Crippen LogP contribution is 2.27. The molecule has 0 saturated heterocycles. The second-order valence-electron chi connectivity index (χ2n) is 9.02. The molecule has 0 spiro atoms. The largest absolute Gasteiger partial charge is 0.361 e. The highest BCUT2D eigenvalue weighted by atomic mass is 32.2. The maximum absolute atomic E-state index is 13.4. The van der Waals surface area contributed by atoms with Gasteiger partial charge in [-0.1, -0.05) is 47.7 Å². The second-order valence-corrected chi connectivity index (χ2v) is 11.6. The summed E-state index contributed by atoms with van der Waals surface area (Å²) in [6, 6.07) is 23.6. The molecule has 0 fully saturated rings. The number of carbonyl (C=O) groups excluding carboxylic acids is 3. The van der Waals surface area contributed by atoms with Gasteiger partial charge < -0.3 is 15.6 Å². The number of aromatic amines is 1. The predicted molar refractivity (Wildman–Crippen MR) is 164 cm³/mol. The van der Waals surface area contributed by atoms with Gasteiger partial charge in [0.1, 0.15) is 10.7 Å².